The van der Waals surface area contributed by atoms with Crippen molar-refractivity contribution in [3.8, 4) is 0 Å². The van der Waals surface area contributed by atoms with E-state index in [1.807, 2.05) is 0 Å². The molecule has 0 aliphatic heterocycles. The van der Waals surface area contributed by atoms with Crippen LogP contribution in [0.25, 0.3) is 0 Å². The van der Waals surface area contributed by atoms with E-state index in [0.717, 1.165) is 18.8 Å². The standard InChI is InChI=1S/C9H14O/c1-9(2)6-3-4-8(10)7(9)5-6/h6-7H,3-5H2,1-2H3/t6-,7-/m1/s1. The van der Waals surface area contributed by atoms with Crippen LogP contribution in [0.4, 0.5) is 0 Å². The molecule has 10 heavy (non-hydrogen) atoms. The molecule has 3 aliphatic carbocycles. The summed E-state index contributed by atoms with van der Waals surface area (Å²) in [5.74, 6) is 1.80. The van der Waals surface area contributed by atoms with Crippen molar-refractivity contribution < 1.29 is 4.79 Å². The number of Topliss-reactive ketones (excluding diaryl/α,β-unsaturated/α-hetero) is 1. The minimum absolute atomic E-state index is 0.356. The van der Waals surface area contributed by atoms with Crippen molar-refractivity contribution in [3.05, 3.63) is 0 Å². The molecule has 0 aromatic rings. The molecule has 3 fully saturated rings. The fourth-order valence-corrected chi connectivity index (χ4v) is 2.54. The van der Waals surface area contributed by atoms with Gasteiger partial charge in [-0.3, -0.25) is 4.79 Å². The lowest BCUT2D eigenvalue weighted by Crippen LogP contribution is -2.52. The zero-order valence-electron chi connectivity index (χ0n) is 6.68. The summed E-state index contributed by atoms with van der Waals surface area (Å²) in [6.07, 6.45) is 3.20. The van der Waals surface area contributed by atoms with Crippen LogP contribution < -0.4 is 0 Å². The van der Waals surface area contributed by atoms with E-state index in [0.29, 0.717) is 17.1 Å². The Kier molecular flexibility index (Phi) is 1.04. The Morgan fingerprint density at radius 1 is 1.50 bits per heavy atom. The van der Waals surface area contributed by atoms with Gasteiger partial charge in [-0.25, -0.2) is 0 Å². The van der Waals surface area contributed by atoms with E-state index in [1.54, 1.807) is 0 Å². The van der Waals surface area contributed by atoms with Gasteiger partial charge in [-0.15, -0.1) is 0 Å². The second-order valence-corrected chi connectivity index (χ2v) is 4.31. The quantitative estimate of drug-likeness (QED) is 0.500. The highest BCUT2D eigenvalue weighted by atomic mass is 16.1. The summed E-state index contributed by atoms with van der Waals surface area (Å²) in [4.78, 5) is 11.2. The van der Waals surface area contributed by atoms with Gasteiger partial charge in [0.1, 0.15) is 5.78 Å². The molecule has 0 aromatic carbocycles. The van der Waals surface area contributed by atoms with Crippen molar-refractivity contribution in [2.45, 2.75) is 33.1 Å². The first kappa shape index (κ1) is 6.38. The first-order chi connectivity index (χ1) is 4.62. The van der Waals surface area contributed by atoms with E-state index in [-0.39, 0.29) is 0 Å². The van der Waals surface area contributed by atoms with Gasteiger partial charge in [-0.05, 0) is 24.2 Å². The summed E-state index contributed by atoms with van der Waals surface area (Å²) in [5.41, 5.74) is 0.356. The number of fused-ring (bicyclic) bond motifs is 2. The summed E-state index contributed by atoms with van der Waals surface area (Å²) < 4.78 is 0. The Bertz CT molecular complexity index is 179. The molecule has 3 rings (SSSR count). The lowest BCUT2D eigenvalue weighted by molar-refractivity contribution is -0.148. The number of ketones is 1. The van der Waals surface area contributed by atoms with Crippen LogP contribution in [0.15, 0.2) is 0 Å². The second kappa shape index (κ2) is 1.63. The normalized spacial score (nSPS) is 42.8. The van der Waals surface area contributed by atoms with Crippen molar-refractivity contribution in [2.24, 2.45) is 17.3 Å². The highest BCUT2D eigenvalue weighted by molar-refractivity contribution is 5.84. The predicted molar refractivity (Wildman–Crippen MR) is 39.6 cm³/mol. The monoisotopic (exact) mass is 138 g/mol. The van der Waals surface area contributed by atoms with Gasteiger partial charge in [0.05, 0.1) is 0 Å². The Labute approximate surface area is 61.8 Å². The molecule has 2 bridgehead atoms. The fraction of sp³-hybridized carbons (Fsp3) is 0.889. The summed E-state index contributed by atoms with van der Waals surface area (Å²) in [6, 6.07) is 0. The third-order valence-corrected chi connectivity index (χ3v) is 3.60. The molecular weight excluding hydrogens is 124 g/mol. The maximum absolute atomic E-state index is 11.2. The van der Waals surface area contributed by atoms with E-state index < -0.39 is 0 Å². The van der Waals surface area contributed by atoms with E-state index in [9.17, 15) is 4.79 Å². The van der Waals surface area contributed by atoms with Gasteiger partial charge in [-0.1, -0.05) is 13.8 Å². The molecule has 0 unspecified atom stereocenters. The Morgan fingerprint density at radius 3 is 2.50 bits per heavy atom. The summed E-state index contributed by atoms with van der Waals surface area (Å²) in [6.45, 7) is 4.48. The summed E-state index contributed by atoms with van der Waals surface area (Å²) >= 11 is 0. The van der Waals surface area contributed by atoms with Crippen LogP contribution in [0.2, 0.25) is 0 Å². The maximum Gasteiger partial charge on any atom is 0.136 e. The molecule has 0 heterocycles. The van der Waals surface area contributed by atoms with Crippen LogP contribution in [-0.2, 0) is 4.79 Å². The number of hydrogen-bond donors (Lipinski definition) is 0. The van der Waals surface area contributed by atoms with Crippen LogP contribution in [0, 0.1) is 17.3 Å². The van der Waals surface area contributed by atoms with Gasteiger partial charge in [0, 0.05) is 12.3 Å². The van der Waals surface area contributed by atoms with Crippen molar-refractivity contribution in [3.63, 3.8) is 0 Å². The third-order valence-electron chi connectivity index (χ3n) is 3.60. The van der Waals surface area contributed by atoms with Gasteiger partial charge < -0.3 is 0 Å². The second-order valence-electron chi connectivity index (χ2n) is 4.31. The molecule has 3 saturated carbocycles. The SMILES string of the molecule is CC1(C)[C@@H]2CCC(=O)[C@H]1C2. The number of hydrogen-bond acceptors (Lipinski definition) is 1. The van der Waals surface area contributed by atoms with Crippen molar-refractivity contribution in [2.75, 3.05) is 0 Å². The molecule has 2 atom stereocenters. The molecule has 1 nitrogen and oxygen atoms in total. The maximum atomic E-state index is 11.2. The summed E-state index contributed by atoms with van der Waals surface area (Å²) in [5, 5.41) is 0. The van der Waals surface area contributed by atoms with Crippen molar-refractivity contribution >= 4 is 5.78 Å². The summed E-state index contributed by atoms with van der Waals surface area (Å²) in [7, 11) is 0. The lowest BCUT2D eigenvalue weighted by Gasteiger charge is -2.55. The molecule has 0 saturated heterocycles. The Morgan fingerprint density at radius 2 is 2.20 bits per heavy atom. The molecule has 3 aliphatic rings. The molecule has 0 spiro atoms. The van der Waals surface area contributed by atoms with E-state index in [4.69, 9.17) is 0 Å². The molecule has 0 aromatic heterocycles. The van der Waals surface area contributed by atoms with Gasteiger partial charge in [0.2, 0.25) is 0 Å². The average Bonchev–Trinajstić information content (AvgIpc) is 1.87. The van der Waals surface area contributed by atoms with Crippen LogP contribution in [0.3, 0.4) is 0 Å². The van der Waals surface area contributed by atoms with Crippen molar-refractivity contribution in [1.82, 2.24) is 0 Å². The zero-order chi connectivity index (χ0) is 7.35. The number of carbonyl (C=O) groups is 1. The largest absolute Gasteiger partial charge is 0.299 e. The third kappa shape index (κ3) is 0.561. The molecule has 0 N–H and O–H groups in total. The molecule has 0 radical (unpaired) electrons. The van der Waals surface area contributed by atoms with Crippen LogP contribution in [-0.4, -0.2) is 5.78 Å². The Balaban J connectivity index is 2.23. The first-order valence-electron chi connectivity index (χ1n) is 4.15. The molecule has 1 heteroatoms. The van der Waals surface area contributed by atoms with Crippen LogP contribution in [0.1, 0.15) is 33.1 Å². The fourth-order valence-electron chi connectivity index (χ4n) is 2.54. The number of carbonyl (C=O) groups excluding carboxylic acids is 1. The van der Waals surface area contributed by atoms with Gasteiger partial charge in [-0.2, -0.15) is 0 Å². The van der Waals surface area contributed by atoms with Crippen LogP contribution >= 0.6 is 0 Å². The van der Waals surface area contributed by atoms with E-state index >= 15 is 0 Å². The first-order valence-corrected chi connectivity index (χ1v) is 4.15. The number of rotatable bonds is 0. The Hall–Kier alpha value is -0.330. The topological polar surface area (TPSA) is 17.1 Å². The van der Waals surface area contributed by atoms with Gasteiger partial charge in [0.15, 0.2) is 0 Å². The average molecular weight is 138 g/mol. The molecular formula is C9H14O. The smallest absolute Gasteiger partial charge is 0.136 e. The van der Waals surface area contributed by atoms with E-state index in [1.165, 1.54) is 6.42 Å². The highest BCUT2D eigenvalue weighted by Gasteiger charge is 2.53. The zero-order valence-corrected chi connectivity index (χ0v) is 6.68. The van der Waals surface area contributed by atoms with Crippen molar-refractivity contribution in [1.29, 1.82) is 0 Å². The van der Waals surface area contributed by atoms with Gasteiger partial charge >= 0.3 is 0 Å². The van der Waals surface area contributed by atoms with Gasteiger partial charge in [0.25, 0.3) is 0 Å². The van der Waals surface area contributed by atoms with Crippen LogP contribution in [0.5, 0.6) is 0 Å². The van der Waals surface area contributed by atoms with E-state index in [2.05, 4.69) is 13.8 Å². The highest BCUT2D eigenvalue weighted by Crippen LogP contribution is 2.57. The molecule has 56 valence electrons. The minimum Gasteiger partial charge on any atom is -0.299 e. The predicted octanol–water partition coefficient (Wildman–Crippen LogP) is 2.01. The minimum atomic E-state index is 0.356. The molecule has 0 amide bonds. The lowest BCUT2D eigenvalue weighted by atomic mass is 9.48.